The highest BCUT2D eigenvalue weighted by molar-refractivity contribution is 5.97. The zero-order valence-electron chi connectivity index (χ0n) is 17.4. The molecule has 1 saturated heterocycles. The molecule has 172 valence electrons. The Balaban J connectivity index is 2.04. The molecule has 1 aromatic carbocycles. The fourth-order valence-corrected chi connectivity index (χ4v) is 3.84. The van der Waals surface area contributed by atoms with E-state index in [4.69, 9.17) is 15.2 Å². The normalized spacial score (nSPS) is 25.4. The largest absolute Gasteiger partial charge is 0.496 e. The predicted molar refractivity (Wildman–Crippen MR) is 106 cm³/mol. The molecule has 4 atom stereocenters. The van der Waals surface area contributed by atoms with Crippen LogP contribution in [0.15, 0.2) is 36.5 Å². The maximum atomic E-state index is 13.9. The van der Waals surface area contributed by atoms with Gasteiger partial charge in [-0.3, -0.25) is 14.6 Å². The minimum Gasteiger partial charge on any atom is -0.496 e. The summed E-state index contributed by atoms with van der Waals surface area (Å²) >= 11 is 0. The van der Waals surface area contributed by atoms with Crippen molar-refractivity contribution >= 4 is 17.5 Å². The first-order valence-corrected chi connectivity index (χ1v) is 9.53. The molecular formula is C21H21F4N3O4. The molecule has 1 aliphatic heterocycles. The predicted octanol–water partition coefficient (Wildman–Crippen LogP) is 3.41. The molecule has 2 aromatic rings. The van der Waals surface area contributed by atoms with E-state index < -0.39 is 47.3 Å². The maximum absolute atomic E-state index is 13.9. The third kappa shape index (κ3) is 4.12. The number of alkyl halides is 3. The molecular weight excluding hydrogens is 434 g/mol. The lowest BCUT2D eigenvalue weighted by atomic mass is 9.77. The van der Waals surface area contributed by atoms with Gasteiger partial charge in [-0.15, -0.1) is 0 Å². The molecule has 0 saturated carbocycles. The van der Waals surface area contributed by atoms with Crippen LogP contribution in [0.4, 0.5) is 23.2 Å². The van der Waals surface area contributed by atoms with Crippen LogP contribution in [0.2, 0.25) is 0 Å². The summed E-state index contributed by atoms with van der Waals surface area (Å²) in [5.74, 6) is -4.72. The first-order chi connectivity index (χ1) is 14.9. The fraction of sp³-hybridized carbons (Fsp3) is 0.381. The molecule has 32 heavy (non-hydrogen) atoms. The van der Waals surface area contributed by atoms with Gasteiger partial charge in [-0.1, -0.05) is 13.0 Å². The first-order valence-electron chi connectivity index (χ1n) is 9.53. The summed E-state index contributed by atoms with van der Waals surface area (Å²) in [6.07, 6.45) is -5.17. The molecule has 2 heterocycles. The van der Waals surface area contributed by atoms with Gasteiger partial charge in [-0.2, -0.15) is 13.2 Å². The monoisotopic (exact) mass is 455 g/mol. The Labute approximate surface area is 180 Å². The summed E-state index contributed by atoms with van der Waals surface area (Å²) in [6, 6.07) is 5.92. The Bertz CT molecular complexity index is 1050. The van der Waals surface area contributed by atoms with Crippen molar-refractivity contribution in [3.8, 4) is 5.75 Å². The van der Waals surface area contributed by atoms with E-state index in [0.29, 0.717) is 0 Å². The number of hydrogen-bond donors (Lipinski definition) is 2. The van der Waals surface area contributed by atoms with Crippen LogP contribution >= 0.6 is 0 Å². The number of pyridine rings is 1. The molecule has 3 rings (SSSR count). The van der Waals surface area contributed by atoms with E-state index in [1.54, 1.807) is 0 Å². The summed E-state index contributed by atoms with van der Waals surface area (Å²) in [7, 11) is 1.25. The Morgan fingerprint density at radius 2 is 1.94 bits per heavy atom. The lowest BCUT2D eigenvalue weighted by molar-refractivity contribution is -0.272. The summed E-state index contributed by atoms with van der Waals surface area (Å²) in [5, 5.41) is 2.44. The van der Waals surface area contributed by atoms with Crippen LogP contribution in [0.1, 0.15) is 35.8 Å². The van der Waals surface area contributed by atoms with Crippen LogP contribution in [0.5, 0.6) is 5.75 Å². The Morgan fingerprint density at radius 3 is 2.53 bits per heavy atom. The number of amides is 2. The summed E-state index contributed by atoms with van der Waals surface area (Å²) in [6.45, 7) is 2.18. The van der Waals surface area contributed by atoms with Crippen molar-refractivity contribution < 1.29 is 36.6 Å². The molecule has 3 N–H and O–H groups in total. The maximum Gasteiger partial charge on any atom is 0.417 e. The van der Waals surface area contributed by atoms with Crippen LogP contribution in [0.25, 0.3) is 0 Å². The minimum absolute atomic E-state index is 0.00500. The van der Waals surface area contributed by atoms with Gasteiger partial charge in [0.2, 0.25) is 0 Å². The Hall–Kier alpha value is -3.21. The minimum atomic E-state index is -4.79. The van der Waals surface area contributed by atoms with Gasteiger partial charge in [-0.25, -0.2) is 4.39 Å². The van der Waals surface area contributed by atoms with E-state index in [2.05, 4.69) is 10.3 Å². The molecule has 1 fully saturated rings. The highest BCUT2D eigenvalue weighted by Crippen LogP contribution is 2.54. The number of aromatic nitrogens is 1. The highest BCUT2D eigenvalue weighted by atomic mass is 19.4. The number of carbonyl (C=O) groups is 2. The van der Waals surface area contributed by atoms with E-state index in [1.807, 2.05) is 0 Å². The van der Waals surface area contributed by atoms with E-state index in [0.717, 1.165) is 19.1 Å². The molecule has 7 nitrogen and oxygen atoms in total. The number of nitrogens with two attached hydrogens (primary N) is 1. The van der Waals surface area contributed by atoms with Crippen LogP contribution in [0, 0.1) is 11.7 Å². The van der Waals surface area contributed by atoms with E-state index in [-0.39, 0.29) is 22.7 Å². The molecule has 0 radical (unpaired) electrons. The van der Waals surface area contributed by atoms with Gasteiger partial charge >= 0.3 is 6.18 Å². The summed E-state index contributed by atoms with van der Waals surface area (Å²) < 4.78 is 66.0. The number of rotatable bonds is 5. The van der Waals surface area contributed by atoms with Gasteiger partial charge < -0.3 is 20.5 Å². The molecule has 0 bridgehead atoms. The van der Waals surface area contributed by atoms with Crippen molar-refractivity contribution in [1.29, 1.82) is 0 Å². The number of anilines is 1. The van der Waals surface area contributed by atoms with Gasteiger partial charge in [0.25, 0.3) is 11.8 Å². The SMILES string of the molecule is COc1cc(F)ccc1[C@H]1[C@@H](C)[C@](C)(C(F)(F)F)O[C@H]1C(=O)Nc1ccnc(C(N)=O)c1. The van der Waals surface area contributed by atoms with Crippen molar-refractivity contribution in [3.05, 3.63) is 53.6 Å². The zero-order valence-corrected chi connectivity index (χ0v) is 17.4. The van der Waals surface area contributed by atoms with Gasteiger partial charge in [0.05, 0.1) is 7.11 Å². The van der Waals surface area contributed by atoms with E-state index in [9.17, 15) is 27.2 Å². The molecule has 11 heteroatoms. The summed E-state index contributed by atoms with van der Waals surface area (Å²) in [4.78, 5) is 28.1. The zero-order chi connectivity index (χ0) is 23.8. The second-order valence-electron chi connectivity index (χ2n) is 7.63. The molecule has 1 aliphatic rings. The van der Waals surface area contributed by atoms with E-state index >= 15 is 0 Å². The van der Waals surface area contributed by atoms with Crippen LogP contribution < -0.4 is 15.8 Å². The second-order valence-corrected chi connectivity index (χ2v) is 7.63. The number of nitrogens with one attached hydrogen (secondary N) is 1. The van der Waals surface area contributed by atoms with Crippen molar-refractivity contribution in [2.24, 2.45) is 11.7 Å². The average molecular weight is 455 g/mol. The number of benzene rings is 1. The Kier molecular flexibility index (Phi) is 6.14. The number of hydrogen-bond acceptors (Lipinski definition) is 5. The first kappa shape index (κ1) is 23.5. The molecule has 0 aliphatic carbocycles. The molecule has 0 unspecified atom stereocenters. The second kappa shape index (κ2) is 8.38. The summed E-state index contributed by atoms with van der Waals surface area (Å²) in [5.41, 5.74) is 2.67. The lowest BCUT2D eigenvalue weighted by Crippen LogP contribution is -2.47. The fourth-order valence-electron chi connectivity index (χ4n) is 3.84. The number of nitrogens with zero attached hydrogens (tertiary/aromatic N) is 1. The van der Waals surface area contributed by atoms with Crippen LogP contribution in [0.3, 0.4) is 0 Å². The topological polar surface area (TPSA) is 104 Å². The van der Waals surface area contributed by atoms with Gasteiger partial charge in [-0.05, 0) is 25.1 Å². The van der Waals surface area contributed by atoms with Gasteiger partial charge in [0.1, 0.15) is 23.4 Å². The number of primary amides is 1. The number of carbonyl (C=O) groups excluding carboxylic acids is 2. The molecule has 1 aromatic heterocycles. The van der Waals surface area contributed by atoms with Crippen molar-refractivity contribution in [1.82, 2.24) is 4.98 Å². The van der Waals surface area contributed by atoms with Crippen molar-refractivity contribution in [3.63, 3.8) is 0 Å². The van der Waals surface area contributed by atoms with Crippen LogP contribution in [-0.2, 0) is 9.53 Å². The van der Waals surface area contributed by atoms with Gasteiger partial charge in [0.15, 0.2) is 5.60 Å². The molecule has 0 spiro atoms. The van der Waals surface area contributed by atoms with Crippen molar-refractivity contribution in [2.45, 2.75) is 37.6 Å². The van der Waals surface area contributed by atoms with Crippen molar-refractivity contribution in [2.75, 3.05) is 12.4 Å². The third-order valence-corrected chi connectivity index (χ3v) is 5.76. The van der Waals surface area contributed by atoms with Gasteiger partial charge in [0, 0.05) is 35.3 Å². The average Bonchev–Trinajstić information content (AvgIpc) is 3.00. The Morgan fingerprint density at radius 1 is 1.25 bits per heavy atom. The number of ether oxygens (including phenoxy) is 2. The van der Waals surface area contributed by atoms with Crippen LogP contribution in [-0.4, -0.2) is 41.8 Å². The van der Waals surface area contributed by atoms with E-state index in [1.165, 1.54) is 38.4 Å². The number of methoxy groups -OCH3 is 1. The quantitative estimate of drug-likeness (QED) is 0.673. The smallest absolute Gasteiger partial charge is 0.417 e. The standard InChI is InChI=1S/C21H21F4N3O4/c1-10-16(13-5-4-11(22)8-15(13)31-3)17(32-20(10,2)21(23,24)25)19(30)28-12-6-7-27-14(9-12)18(26)29/h4-10,16-17H,1-3H3,(H2,26,29)(H,27,28,30)/t10-,16-,17-,20-/m1/s1. The molecule has 2 amide bonds. The number of halogens is 4. The highest BCUT2D eigenvalue weighted by Gasteiger charge is 2.65. The third-order valence-electron chi connectivity index (χ3n) is 5.76. The lowest BCUT2D eigenvalue weighted by Gasteiger charge is -2.32.